The lowest BCUT2D eigenvalue weighted by atomic mass is 9.88. The quantitative estimate of drug-likeness (QED) is 0.765. The van der Waals surface area contributed by atoms with Crippen molar-refractivity contribution in [2.75, 3.05) is 0 Å². The number of hydrogen-bond donors (Lipinski definition) is 2. The molecule has 4 aliphatic carbocycles. The Morgan fingerprint density at radius 2 is 1.38 bits per heavy atom. The highest BCUT2D eigenvalue weighted by atomic mass is 32.1. The van der Waals surface area contributed by atoms with Crippen LogP contribution in [0.15, 0.2) is 0 Å². The monoisotopic (exact) mass is 323 g/mol. The Hall–Kier alpha value is -0.420. The van der Waals surface area contributed by atoms with E-state index in [1.54, 1.807) is 0 Å². The molecule has 0 saturated heterocycles. The fraction of sp³-hybridized carbons (Fsp3) is 0.875. The van der Waals surface area contributed by atoms with Gasteiger partial charge in [-0.1, -0.05) is 12.8 Å². The summed E-state index contributed by atoms with van der Waals surface area (Å²) in [6.45, 7) is 0. The Morgan fingerprint density at radius 3 is 1.71 bits per heavy atom. The smallest absolute Gasteiger partial charge is 0.175 e. The molecule has 4 bridgehead atoms. The average Bonchev–Trinajstić information content (AvgIpc) is 3.19. The molecule has 4 fully saturated rings. The fourth-order valence-corrected chi connectivity index (χ4v) is 6.36. The van der Waals surface area contributed by atoms with Crippen LogP contribution in [0.1, 0.15) is 51.4 Å². The van der Waals surface area contributed by atoms with Gasteiger partial charge in [-0.15, -0.1) is 0 Å². The lowest BCUT2D eigenvalue weighted by molar-refractivity contribution is 0.135. The van der Waals surface area contributed by atoms with E-state index in [0.29, 0.717) is 17.2 Å². The zero-order chi connectivity index (χ0) is 14.6. The van der Waals surface area contributed by atoms with Crippen LogP contribution in [0.2, 0.25) is 0 Å². The molecular weight excluding hydrogens is 298 g/mol. The van der Waals surface area contributed by atoms with Crippen molar-refractivity contribution in [3.63, 3.8) is 0 Å². The molecule has 0 radical (unpaired) electrons. The van der Waals surface area contributed by atoms with Gasteiger partial charge in [0.25, 0.3) is 0 Å². The second-order valence-electron chi connectivity index (χ2n) is 7.69. The highest BCUT2D eigenvalue weighted by Crippen LogP contribution is 2.52. The molecule has 6 atom stereocenters. The molecule has 0 aliphatic heterocycles. The summed E-state index contributed by atoms with van der Waals surface area (Å²) in [5.41, 5.74) is 5.69. The first-order valence-corrected chi connectivity index (χ1v) is 9.32. The highest BCUT2D eigenvalue weighted by Gasteiger charge is 2.49. The zero-order valence-corrected chi connectivity index (χ0v) is 14.1. The summed E-state index contributed by atoms with van der Waals surface area (Å²) in [5.74, 6) is 3.57. The highest BCUT2D eigenvalue weighted by molar-refractivity contribution is 7.81. The lowest BCUT2D eigenvalue weighted by Crippen LogP contribution is -2.56. The third-order valence-electron chi connectivity index (χ3n) is 6.58. The summed E-state index contributed by atoms with van der Waals surface area (Å²) in [5, 5.41) is 4.20. The molecule has 6 unspecified atom stereocenters. The number of nitrogens with zero attached hydrogens (tertiary/aromatic N) is 1. The Balaban J connectivity index is 1.56. The van der Waals surface area contributed by atoms with Crippen LogP contribution in [-0.2, 0) is 0 Å². The van der Waals surface area contributed by atoms with Crippen molar-refractivity contribution >= 4 is 34.7 Å². The maximum absolute atomic E-state index is 5.70. The number of hydrogen-bond acceptors (Lipinski definition) is 2. The Morgan fingerprint density at radius 1 is 0.857 bits per heavy atom. The fourth-order valence-electron chi connectivity index (χ4n) is 5.82. The standard InChI is InChI=1S/C16H25N3S2/c17-15(20)18-16(21)19(13-7-9-1-3-11(13)5-9)14-8-10-2-4-12(14)6-10/h9-14H,1-8H2,(H3,17,18,20,21). The lowest BCUT2D eigenvalue weighted by Gasteiger charge is -2.43. The van der Waals surface area contributed by atoms with Crippen molar-refractivity contribution in [3.8, 4) is 0 Å². The van der Waals surface area contributed by atoms with Crippen molar-refractivity contribution in [2.24, 2.45) is 29.4 Å². The van der Waals surface area contributed by atoms with Gasteiger partial charge in [0.05, 0.1) is 0 Å². The van der Waals surface area contributed by atoms with Gasteiger partial charge in [0, 0.05) is 12.1 Å². The zero-order valence-electron chi connectivity index (χ0n) is 12.5. The van der Waals surface area contributed by atoms with Gasteiger partial charge in [-0.05, 0) is 86.6 Å². The molecule has 0 spiro atoms. The van der Waals surface area contributed by atoms with Gasteiger partial charge in [0.1, 0.15) is 0 Å². The van der Waals surface area contributed by atoms with E-state index >= 15 is 0 Å². The van der Waals surface area contributed by atoms with E-state index in [2.05, 4.69) is 10.2 Å². The Bertz CT molecular complexity index is 438. The van der Waals surface area contributed by atoms with Crippen LogP contribution in [-0.4, -0.2) is 27.2 Å². The van der Waals surface area contributed by atoms with Crippen LogP contribution >= 0.6 is 24.4 Å². The van der Waals surface area contributed by atoms with E-state index in [9.17, 15) is 0 Å². The van der Waals surface area contributed by atoms with Crippen molar-refractivity contribution in [3.05, 3.63) is 0 Å². The van der Waals surface area contributed by atoms with E-state index in [4.69, 9.17) is 30.2 Å². The second kappa shape index (κ2) is 5.34. The normalized spacial score (nSPS) is 43.2. The molecular formula is C16H25N3S2. The minimum atomic E-state index is 0.316. The number of fused-ring (bicyclic) bond motifs is 4. The summed E-state index contributed by atoms with van der Waals surface area (Å²) in [7, 11) is 0. The van der Waals surface area contributed by atoms with Crippen molar-refractivity contribution < 1.29 is 0 Å². The maximum atomic E-state index is 5.70. The predicted molar refractivity (Wildman–Crippen MR) is 92.8 cm³/mol. The van der Waals surface area contributed by atoms with Gasteiger partial charge < -0.3 is 16.0 Å². The molecule has 3 N–H and O–H groups in total. The van der Waals surface area contributed by atoms with E-state index in [1.165, 1.54) is 51.4 Å². The minimum absolute atomic E-state index is 0.316. The van der Waals surface area contributed by atoms with Gasteiger partial charge in [0.15, 0.2) is 10.2 Å². The van der Waals surface area contributed by atoms with Crippen molar-refractivity contribution in [1.29, 1.82) is 0 Å². The van der Waals surface area contributed by atoms with E-state index in [1.807, 2.05) is 0 Å². The molecule has 4 rings (SSSR count). The van der Waals surface area contributed by atoms with Gasteiger partial charge in [-0.2, -0.15) is 0 Å². The number of nitrogens with one attached hydrogen (secondary N) is 1. The van der Waals surface area contributed by atoms with Gasteiger partial charge in [-0.3, -0.25) is 0 Å². The van der Waals surface area contributed by atoms with Gasteiger partial charge >= 0.3 is 0 Å². The summed E-state index contributed by atoms with van der Waals surface area (Å²) in [6, 6.07) is 1.28. The second-order valence-corrected chi connectivity index (χ2v) is 8.51. The first-order valence-electron chi connectivity index (χ1n) is 8.50. The third kappa shape index (κ3) is 2.46. The molecule has 0 aromatic heterocycles. The largest absolute Gasteiger partial charge is 0.376 e. The van der Waals surface area contributed by atoms with Crippen LogP contribution in [0.5, 0.6) is 0 Å². The Labute approximate surface area is 138 Å². The molecule has 0 heterocycles. The summed E-state index contributed by atoms with van der Waals surface area (Å²) < 4.78 is 0. The minimum Gasteiger partial charge on any atom is -0.376 e. The molecule has 0 amide bonds. The van der Waals surface area contributed by atoms with Crippen LogP contribution in [0.4, 0.5) is 0 Å². The molecule has 0 aromatic carbocycles. The first-order chi connectivity index (χ1) is 10.1. The van der Waals surface area contributed by atoms with Crippen LogP contribution in [0.3, 0.4) is 0 Å². The maximum Gasteiger partial charge on any atom is 0.175 e. The first kappa shape index (κ1) is 14.2. The SMILES string of the molecule is NC(=S)NC(=S)N(C1CC2CCC1C2)C1CC2CCC1C2. The van der Waals surface area contributed by atoms with Gasteiger partial charge in [0.2, 0.25) is 0 Å². The average molecular weight is 324 g/mol. The Kier molecular flexibility index (Phi) is 3.61. The molecule has 0 aromatic rings. The van der Waals surface area contributed by atoms with E-state index < -0.39 is 0 Å². The van der Waals surface area contributed by atoms with Crippen molar-refractivity contribution in [2.45, 2.75) is 63.5 Å². The van der Waals surface area contributed by atoms with Crippen LogP contribution < -0.4 is 11.1 Å². The molecule has 116 valence electrons. The third-order valence-corrected chi connectivity index (χ3v) is 7.00. The summed E-state index contributed by atoms with van der Waals surface area (Å²) in [6.07, 6.45) is 11.1. The van der Waals surface area contributed by atoms with Crippen LogP contribution in [0.25, 0.3) is 0 Å². The van der Waals surface area contributed by atoms with E-state index in [-0.39, 0.29) is 0 Å². The molecule has 21 heavy (non-hydrogen) atoms. The molecule has 3 nitrogen and oxygen atoms in total. The predicted octanol–water partition coefficient (Wildman–Crippen LogP) is 2.78. The number of nitrogens with two attached hydrogens (primary N) is 1. The van der Waals surface area contributed by atoms with E-state index in [0.717, 1.165) is 28.8 Å². The molecule has 4 aliphatic rings. The van der Waals surface area contributed by atoms with Crippen LogP contribution in [0, 0.1) is 23.7 Å². The summed E-state index contributed by atoms with van der Waals surface area (Å²) >= 11 is 10.7. The molecule has 4 saturated carbocycles. The van der Waals surface area contributed by atoms with Crippen molar-refractivity contribution in [1.82, 2.24) is 10.2 Å². The summed E-state index contributed by atoms with van der Waals surface area (Å²) in [4.78, 5) is 2.56. The number of thiocarbonyl (C=S) groups is 2. The number of rotatable bonds is 2. The topological polar surface area (TPSA) is 41.3 Å². The molecule has 5 heteroatoms. The van der Waals surface area contributed by atoms with Gasteiger partial charge in [-0.25, -0.2) is 0 Å².